The summed E-state index contributed by atoms with van der Waals surface area (Å²) in [5, 5.41) is 3.14. The molecule has 0 aromatic carbocycles. The zero-order chi connectivity index (χ0) is 14.1. The molecule has 0 bridgehead atoms. The fraction of sp³-hybridized carbons (Fsp3) is 0.867. The van der Waals surface area contributed by atoms with Crippen LogP contribution in [0.25, 0.3) is 0 Å². The second-order valence-corrected chi connectivity index (χ2v) is 6.19. The zero-order valence-electron chi connectivity index (χ0n) is 12.1. The summed E-state index contributed by atoms with van der Waals surface area (Å²) in [5.41, 5.74) is 0. The summed E-state index contributed by atoms with van der Waals surface area (Å²) >= 11 is 0. The van der Waals surface area contributed by atoms with Gasteiger partial charge >= 0.3 is 0 Å². The van der Waals surface area contributed by atoms with Crippen LogP contribution in [0.3, 0.4) is 0 Å². The van der Waals surface area contributed by atoms with E-state index < -0.39 is 0 Å². The van der Waals surface area contributed by atoms with Gasteiger partial charge in [0.2, 0.25) is 11.8 Å². The Morgan fingerprint density at radius 1 is 1.45 bits per heavy atom. The zero-order valence-corrected chi connectivity index (χ0v) is 12.1. The van der Waals surface area contributed by atoms with E-state index in [1.807, 2.05) is 6.92 Å². The Kier molecular flexibility index (Phi) is 3.96. The number of hydrogen-bond acceptors (Lipinski definition) is 3. The smallest absolute Gasteiger partial charge is 0.243 e. The number of likely N-dealkylation sites (tertiary alicyclic amines) is 1. The fourth-order valence-electron chi connectivity index (χ4n) is 3.48. The molecule has 3 aliphatic rings. The summed E-state index contributed by atoms with van der Waals surface area (Å²) in [4.78, 5) is 26.1. The maximum Gasteiger partial charge on any atom is 0.243 e. The third kappa shape index (κ3) is 2.68. The topological polar surface area (TPSA) is 58.6 Å². The van der Waals surface area contributed by atoms with Gasteiger partial charge in [0.25, 0.3) is 0 Å². The Balaban J connectivity index is 1.60. The first-order valence-corrected chi connectivity index (χ1v) is 7.92. The van der Waals surface area contributed by atoms with Crippen LogP contribution in [0.5, 0.6) is 0 Å². The molecule has 0 spiro atoms. The van der Waals surface area contributed by atoms with Gasteiger partial charge in [0.15, 0.2) is 0 Å². The van der Waals surface area contributed by atoms with E-state index in [9.17, 15) is 9.59 Å². The van der Waals surface area contributed by atoms with Crippen LogP contribution in [0, 0.1) is 5.92 Å². The van der Waals surface area contributed by atoms with Gasteiger partial charge in [-0.05, 0) is 38.0 Å². The summed E-state index contributed by atoms with van der Waals surface area (Å²) in [7, 11) is 0. The van der Waals surface area contributed by atoms with E-state index in [4.69, 9.17) is 4.74 Å². The third-order valence-corrected chi connectivity index (χ3v) is 4.73. The van der Waals surface area contributed by atoms with Crippen molar-refractivity contribution in [2.75, 3.05) is 13.2 Å². The molecule has 0 aromatic rings. The molecule has 1 saturated carbocycles. The number of hydrogen-bond donors (Lipinski definition) is 1. The van der Waals surface area contributed by atoms with E-state index in [0.29, 0.717) is 18.8 Å². The first kappa shape index (κ1) is 13.9. The van der Waals surface area contributed by atoms with Gasteiger partial charge in [0.05, 0.1) is 12.1 Å². The van der Waals surface area contributed by atoms with Crippen molar-refractivity contribution in [3.63, 3.8) is 0 Å². The van der Waals surface area contributed by atoms with Gasteiger partial charge < -0.3 is 15.0 Å². The number of rotatable bonds is 5. The highest BCUT2D eigenvalue weighted by Gasteiger charge is 2.42. The standard InChI is InChI=1S/C15H24N2O3/c1-2-12(17-8-3-4-13(17)18)15(19)16-11-7-9-20-14(11)10-5-6-10/h10-12,14H,2-9H2,1H3,(H,16,19). The Labute approximate surface area is 120 Å². The normalized spacial score (nSPS) is 31.6. The molecular formula is C15H24N2O3. The Morgan fingerprint density at radius 2 is 2.25 bits per heavy atom. The van der Waals surface area contributed by atoms with Crippen LogP contribution in [0.1, 0.15) is 45.4 Å². The SMILES string of the molecule is CCC(C(=O)NC1CCOC1C1CC1)N1CCCC1=O. The molecule has 2 aliphatic heterocycles. The molecule has 3 atom stereocenters. The van der Waals surface area contributed by atoms with Crippen LogP contribution in [0.15, 0.2) is 0 Å². The number of carbonyl (C=O) groups excluding carboxylic acids is 2. The lowest BCUT2D eigenvalue weighted by atomic mass is 10.0. The predicted octanol–water partition coefficient (Wildman–Crippen LogP) is 1.07. The van der Waals surface area contributed by atoms with Crippen LogP contribution >= 0.6 is 0 Å². The summed E-state index contributed by atoms with van der Waals surface area (Å²) in [5.74, 6) is 0.758. The van der Waals surface area contributed by atoms with Crippen molar-refractivity contribution in [2.45, 2.75) is 63.6 Å². The van der Waals surface area contributed by atoms with Gasteiger partial charge in [-0.25, -0.2) is 0 Å². The van der Waals surface area contributed by atoms with Gasteiger partial charge in [0.1, 0.15) is 6.04 Å². The molecular weight excluding hydrogens is 256 g/mol. The van der Waals surface area contributed by atoms with Crippen molar-refractivity contribution in [2.24, 2.45) is 5.92 Å². The first-order chi connectivity index (χ1) is 9.70. The lowest BCUT2D eigenvalue weighted by Crippen LogP contribution is -2.51. The molecule has 2 saturated heterocycles. The van der Waals surface area contributed by atoms with Gasteiger partial charge in [-0.2, -0.15) is 0 Å². The molecule has 3 fully saturated rings. The van der Waals surface area contributed by atoms with E-state index in [1.165, 1.54) is 12.8 Å². The molecule has 2 heterocycles. The number of nitrogens with zero attached hydrogens (tertiary/aromatic N) is 1. The highest BCUT2D eigenvalue weighted by molar-refractivity contribution is 5.88. The Bertz CT molecular complexity index is 395. The van der Waals surface area contributed by atoms with Crippen molar-refractivity contribution in [1.29, 1.82) is 0 Å². The predicted molar refractivity (Wildman–Crippen MR) is 74.0 cm³/mol. The van der Waals surface area contributed by atoms with E-state index in [2.05, 4.69) is 5.32 Å². The molecule has 5 heteroatoms. The summed E-state index contributed by atoms with van der Waals surface area (Å²) in [6.45, 7) is 3.43. The molecule has 20 heavy (non-hydrogen) atoms. The lowest BCUT2D eigenvalue weighted by Gasteiger charge is -2.28. The van der Waals surface area contributed by atoms with Gasteiger partial charge in [0, 0.05) is 19.6 Å². The quantitative estimate of drug-likeness (QED) is 0.819. The largest absolute Gasteiger partial charge is 0.376 e. The molecule has 1 N–H and O–H groups in total. The molecule has 0 radical (unpaired) electrons. The van der Waals surface area contributed by atoms with Crippen molar-refractivity contribution in [1.82, 2.24) is 10.2 Å². The van der Waals surface area contributed by atoms with Crippen LogP contribution in [0.4, 0.5) is 0 Å². The molecule has 2 amide bonds. The third-order valence-electron chi connectivity index (χ3n) is 4.73. The number of nitrogens with one attached hydrogen (secondary N) is 1. The number of carbonyl (C=O) groups is 2. The second kappa shape index (κ2) is 5.72. The van der Waals surface area contributed by atoms with Gasteiger partial charge in [-0.15, -0.1) is 0 Å². The van der Waals surface area contributed by atoms with Crippen LogP contribution in [0.2, 0.25) is 0 Å². The Morgan fingerprint density at radius 3 is 2.85 bits per heavy atom. The minimum absolute atomic E-state index is 0.00361. The highest BCUT2D eigenvalue weighted by atomic mass is 16.5. The van der Waals surface area contributed by atoms with E-state index in [-0.39, 0.29) is 30.0 Å². The molecule has 112 valence electrons. The van der Waals surface area contributed by atoms with Crippen LogP contribution in [-0.2, 0) is 14.3 Å². The number of amides is 2. The van der Waals surface area contributed by atoms with E-state index in [0.717, 1.165) is 26.0 Å². The van der Waals surface area contributed by atoms with Crippen molar-refractivity contribution < 1.29 is 14.3 Å². The van der Waals surface area contributed by atoms with Crippen molar-refractivity contribution in [3.05, 3.63) is 0 Å². The molecule has 1 aliphatic carbocycles. The summed E-state index contributed by atoms with van der Waals surface area (Å²) < 4.78 is 5.76. The molecule has 5 nitrogen and oxygen atoms in total. The highest BCUT2D eigenvalue weighted by Crippen LogP contribution is 2.38. The average molecular weight is 280 g/mol. The van der Waals surface area contributed by atoms with E-state index in [1.54, 1.807) is 4.90 Å². The van der Waals surface area contributed by atoms with Crippen LogP contribution < -0.4 is 5.32 Å². The van der Waals surface area contributed by atoms with Gasteiger partial charge in [-0.3, -0.25) is 9.59 Å². The second-order valence-electron chi connectivity index (χ2n) is 6.19. The van der Waals surface area contributed by atoms with Gasteiger partial charge in [-0.1, -0.05) is 6.92 Å². The molecule has 0 aromatic heterocycles. The maximum atomic E-state index is 12.5. The minimum atomic E-state index is -0.301. The summed E-state index contributed by atoms with van der Waals surface area (Å²) in [6, 6.07) is -0.160. The first-order valence-electron chi connectivity index (χ1n) is 7.92. The summed E-state index contributed by atoms with van der Waals surface area (Å²) in [6.07, 6.45) is 5.68. The average Bonchev–Trinajstić information content (AvgIpc) is 3.04. The van der Waals surface area contributed by atoms with E-state index >= 15 is 0 Å². The fourth-order valence-corrected chi connectivity index (χ4v) is 3.48. The molecule has 3 rings (SSSR count). The monoisotopic (exact) mass is 280 g/mol. The minimum Gasteiger partial charge on any atom is -0.376 e. The lowest BCUT2D eigenvalue weighted by molar-refractivity contribution is -0.138. The van der Waals surface area contributed by atoms with Crippen molar-refractivity contribution >= 4 is 11.8 Å². The molecule has 3 unspecified atom stereocenters. The van der Waals surface area contributed by atoms with Crippen LogP contribution in [-0.4, -0.2) is 48.1 Å². The van der Waals surface area contributed by atoms with Crippen molar-refractivity contribution in [3.8, 4) is 0 Å². The Hall–Kier alpha value is -1.10. The number of ether oxygens (including phenoxy) is 1. The maximum absolute atomic E-state index is 12.5.